The fourth-order valence-corrected chi connectivity index (χ4v) is 2.96. The Morgan fingerprint density at radius 1 is 1.33 bits per heavy atom. The lowest BCUT2D eigenvalue weighted by Crippen LogP contribution is -2.49. The van der Waals surface area contributed by atoms with Gasteiger partial charge in [-0.1, -0.05) is 6.07 Å². The number of alkyl halides is 2. The van der Waals surface area contributed by atoms with Crippen molar-refractivity contribution in [2.24, 2.45) is 4.99 Å². The number of aliphatic imine (C=N–C) groups is 1. The first kappa shape index (κ1) is 23.8. The molecule has 0 aliphatic carbocycles. The van der Waals surface area contributed by atoms with Crippen molar-refractivity contribution in [2.45, 2.75) is 38.8 Å². The molecule has 0 amide bonds. The van der Waals surface area contributed by atoms with Crippen LogP contribution in [0.2, 0.25) is 0 Å². The number of halogens is 4. The lowest BCUT2D eigenvalue weighted by molar-refractivity contribution is 0.0744. The van der Waals surface area contributed by atoms with Crippen LogP contribution in [0.1, 0.15) is 25.3 Å². The lowest BCUT2D eigenvalue weighted by atomic mass is 10.1. The molecule has 1 aromatic rings. The number of ether oxygens (including phenoxy) is 1. The van der Waals surface area contributed by atoms with Gasteiger partial charge in [0.2, 0.25) is 0 Å². The third-order valence-electron chi connectivity index (χ3n) is 4.30. The molecule has 27 heavy (non-hydrogen) atoms. The van der Waals surface area contributed by atoms with Crippen molar-refractivity contribution in [1.82, 2.24) is 15.5 Å². The van der Waals surface area contributed by atoms with Crippen LogP contribution >= 0.6 is 24.0 Å². The highest BCUT2D eigenvalue weighted by Gasteiger charge is 2.21. The zero-order chi connectivity index (χ0) is 18.9. The molecule has 1 aliphatic rings. The largest absolute Gasteiger partial charge is 0.491 e. The van der Waals surface area contributed by atoms with Crippen LogP contribution in [-0.2, 0) is 6.54 Å². The summed E-state index contributed by atoms with van der Waals surface area (Å²) in [4.78, 5) is 5.96. The smallest absolute Gasteiger partial charge is 0.251 e. The Balaban J connectivity index is 0.00000364. The maximum absolute atomic E-state index is 13.9. The first-order valence-corrected chi connectivity index (χ1v) is 8.90. The fraction of sp³-hybridized carbons (Fsp3) is 0.611. The highest BCUT2D eigenvalue weighted by molar-refractivity contribution is 14.0. The second kappa shape index (κ2) is 12.3. The van der Waals surface area contributed by atoms with Crippen molar-refractivity contribution in [2.75, 3.05) is 33.3 Å². The zero-order valence-electron chi connectivity index (χ0n) is 15.7. The molecule has 154 valence electrons. The molecule has 1 saturated heterocycles. The summed E-state index contributed by atoms with van der Waals surface area (Å²) in [7, 11) is 1.67. The number of nitrogens with zero attached hydrogens (tertiary/aromatic N) is 2. The van der Waals surface area contributed by atoms with E-state index in [9.17, 15) is 13.2 Å². The van der Waals surface area contributed by atoms with Gasteiger partial charge in [-0.2, -0.15) is 0 Å². The van der Waals surface area contributed by atoms with E-state index in [0.717, 1.165) is 18.4 Å². The Morgan fingerprint density at radius 2 is 2.04 bits per heavy atom. The number of hydrogen-bond donors (Lipinski definition) is 2. The number of piperidine rings is 1. The molecule has 0 spiro atoms. The molecule has 1 fully saturated rings. The fourth-order valence-electron chi connectivity index (χ4n) is 2.96. The van der Waals surface area contributed by atoms with Gasteiger partial charge in [-0.15, -0.1) is 24.0 Å². The Morgan fingerprint density at radius 3 is 2.59 bits per heavy atom. The second-order valence-electron chi connectivity index (χ2n) is 6.23. The summed E-state index contributed by atoms with van der Waals surface area (Å²) in [6.07, 6.45) is -0.723. The Bertz CT molecular complexity index is 596. The van der Waals surface area contributed by atoms with Crippen LogP contribution < -0.4 is 15.4 Å². The van der Waals surface area contributed by atoms with Crippen molar-refractivity contribution in [3.05, 3.63) is 29.6 Å². The first-order chi connectivity index (χ1) is 12.5. The zero-order valence-corrected chi connectivity index (χ0v) is 18.0. The summed E-state index contributed by atoms with van der Waals surface area (Å²) >= 11 is 0. The van der Waals surface area contributed by atoms with Crippen molar-refractivity contribution in [3.8, 4) is 5.75 Å². The van der Waals surface area contributed by atoms with Crippen molar-refractivity contribution >= 4 is 29.9 Å². The molecular formula is C18H28F3IN4O. The molecule has 1 heterocycles. The number of benzene rings is 1. The van der Waals surface area contributed by atoms with E-state index in [4.69, 9.17) is 4.74 Å². The summed E-state index contributed by atoms with van der Waals surface area (Å²) in [5, 5.41) is 6.46. The highest BCUT2D eigenvalue weighted by Crippen LogP contribution is 2.18. The van der Waals surface area contributed by atoms with Gasteiger partial charge in [0.15, 0.2) is 17.5 Å². The van der Waals surface area contributed by atoms with Crippen LogP contribution in [0.4, 0.5) is 13.2 Å². The maximum Gasteiger partial charge on any atom is 0.251 e. The molecule has 0 bridgehead atoms. The van der Waals surface area contributed by atoms with Gasteiger partial charge in [-0.25, -0.2) is 13.2 Å². The Hall–Kier alpha value is -1.23. The summed E-state index contributed by atoms with van der Waals surface area (Å²) < 4.78 is 43.9. The van der Waals surface area contributed by atoms with E-state index in [1.54, 1.807) is 24.1 Å². The summed E-state index contributed by atoms with van der Waals surface area (Å²) in [6, 6.07) is 5.04. The topological polar surface area (TPSA) is 48.9 Å². The number of likely N-dealkylation sites (tertiary alicyclic amines) is 1. The number of hydrogen-bond acceptors (Lipinski definition) is 3. The van der Waals surface area contributed by atoms with E-state index >= 15 is 0 Å². The minimum atomic E-state index is -2.29. The van der Waals surface area contributed by atoms with E-state index in [1.165, 1.54) is 6.07 Å². The van der Waals surface area contributed by atoms with Gasteiger partial charge in [0.25, 0.3) is 6.43 Å². The molecule has 0 radical (unpaired) electrons. The number of rotatable bonds is 7. The molecule has 1 aromatic carbocycles. The predicted molar refractivity (Wildman–Crippen MR) is 112 cm³/mol. The number of nitrogens with one attached hydrogen (secondary N) is 2. The maximum atomic E-state index is 13.9. The van der Waals surface area contributed by atoms with E-state index in [2.05, 4.69) is 15.6 Å². The van der Waals surface area contributed by atoms with Crippen LogP contribution in [0, 0.1) is 5.82 Å². The molecule has 9 heteroatoms. The van der Waals surface area contributed by atoms with E-state index < -0.39 is 6.43 Å². The van der Waals surface area contributed by atoms with Crippen molar-refractivity contribution < 1.29 is 17.9 Å². The van der Waals surface area contributed by atoms with Crippen LogP contribution in [0.15, 0.2) is 23.2 Å². The second-order valence-corrected chi connectivity index (χ2v) is 6.23. The van der Waals surface area contributed by atoms with Gasteiger partial charge in [0.05, 0.1) is 13.2 Å². The SMILES string of the molecule is CCOc1ccc(CNC(=NC)NC2CCN(CC(F)F)CC2)cc1F.I. The predicted octanol–water partition coefficient (Wildman–Crippen LogP) is 3.24. The van der Waals surface area contributed by atoms with Crippen LogP contribution in [0.25, 0.3) is 0 Å². The Kier molecular flexibility index (Phi) is 10.8. The molecule has 0 atom stereocenters. The average Bonchev–Trinajstić information content (AvgIpc) is 2.62. The molecule has 0 aromatic heterocycles. The lowest BCUT2D eigenvalue weighted by Gasteiger charge is -2.32. The van der Waals surface area contributed by atoms with Gasteiger partial charge < -0.3 is 15.4 Å². The minimum Gasteiger partial charge on any atom is -0.491 e. The van der Waals surface area contributed by atoms with E-state index in [1.807, 2.05) is 6.92 Å². The molecule has 0 saturated carbocycles. The average molecular weight is 500 g/mol. The molecule has 0 unspecified atom stereocenters. The van der Waals surface area contributed by atoms with Gasteiger partial charge in [0, 0.05) is 32.7 Å². The molecule has 1 aliphatic heterocycles. The summed E-state index contributed by atoms with van der Waals surface area (Å²) in [5.41, 5.74) is 0.778. The monoisotopic (exact) mass is 500 g/mol. The minimum absolute atomic E-state index is 0. The standard InChI is InChI=1S/C18H27F3N4O.HI/c1-3-26-16-5-4-13(10-15(16)19)11-23-18(22-2)24-14-6-8-25(9-7-14)12-17(20)21;/h4-5,10,14,17H,3,6-9,11-12H2,1-2H3,(H2,22,23,24);1H. The van der Waals surface area contributed by atoms with E-state index in [-0.39, 0.29) is 48.1 Å². The normalized spacial score (nSPS) is 16.1. The third-order valence-corrected chi connectivity index (χ3v) is 4.30. The molecular weight excluding hydrogens is 472 g/mol. The van der Waals surface area contributed by atoms with Gasteiger partial charge >= 0.3 is 0 Å². The van der Waals surface area contributed by atoms with Crippen molar-refractivity contribution in [3.63, 3.8) is 0 Å². The molecule has 2 rings (SSSR count). The molecule has 2 N–H and O–H groups in total. The van der Waals surface area contributed by atoms with Crippen molar-refractivity contribution in [1.29, 1.82) is 0 Å². The number of guanidine groups is 1. The first-order valence-electron chi connectivity index (χ1n) is 8.90. The molecule has 5 nitrogen and oxygen atoms in total. The highest BCUT2D eigenvalue weighted by atomic mass is 127. The summed E-state index contributed by atoms with van der Waals surface area (Å²) in [6.45, 7) is 3.77. The van der Waals surface area contributed by atoms with Crippen LogP contribution in [0.5, 0.6) is 5.75 Å². The van der Waals surface area contributed by atoms with Gasteiger partial charge in [-0.3, -0.25) is 9.89 Å². The van der Waals surface area contributed by atoms with Gasteiger partial charge in [-0.05, 0) is 37.5 Å². The van der Waals surface area contributed by atoms with Crippen LogP contribution in [-0.4, -0.2) is 56.6 Å². The quantitative estimate of drug-likeness (QED) is 0.343. The van der Waals surface area contributed by atoms with Gasteiger partial charge in [0.1, 0.15) is 0 Å². The van der Waals surface area contributed by atoms with Crippen LogP contribution in [0.3, 0.4) is 0 Å². The third kappa shape index (κ3) is 8.12. The van der Waals surface area contributed by atoms with E-state index in [0.29, 0.717) is 32.2 Å². The summed E-state index contributed by atoms with van der Waals surface area (Å²) in [5.74, 6) is 0.474. The Labute approximate surface area is 175 Å².